The van der Waals surface area contributed by atoms with E-state index in [9.17, 15) is 0 Å². The second-order valence-corrected chi connectivity index (χ2v) is 4.00. The molecule has 0 amide bonds. The van der Waals surface area contributed by atoms with Crippen molar-refractivity contribution >= 4 is 11.4 Å². The molecule has 2 heterocycles. The Bertz CT molecular complexity index is 620. The number of allylic oxidation sites excluding steroid dienone is 1. The van der Waals surface area contributed by atoms with Gasteiger partial charge in [0.2, 0.25) is 0 Å². The number of aromatic nitrogens is 3. The average molecular weight is 228 g/mol. The predicted octanol–water partition coefficient (Wildman–Crippen LogP) is 2.26. The van der Waals surface area contributed by atoms with Gasteiger partial charge in [0.25, 0.3) is 0 Å². The maximum atomic E-state index is 4.57. The first-order valence-electron chi connectivity index (χ1n) is 5.51. The van der Waals surface area contributed by atoms with Crippen molar-refractivity contribution in [1.29, 1.82) is 0 Å². The van der Waals surface area contributed by atoms with Gasteiger partial charge in [-0.25, -0.2) is 9.97 Å². The minimum absolute atomic E-state index is 0.806. The lowest BCUT2D eigenvalue weighted by molar-refractivity contribution is 0.973. The van der Waals surface area contributed by atoms with Crippen LogP contribution in [0, 0.1) is 20.8 Å². The molecule has 0 unspecified atom stereocenters. The maximum Gasteiger partial charge on any atom is 0.158 e. The molecule has 2 rings (SSSR count). The first-order chi connectivity index (χ1) is 8.10. The molecular weight excluding hydrogens is 212 g/mol. The minimum Gasteiger partial charge on any atom is -0.298 e. The molecule has 0 aliphatic rings. The Labute approximate surface area is 101 Å². The molecule has 0 aliphatic carbocycles. The van der Waals surface area contributed by atoms with Gasteiger partial charge in [-0.3, -0.25) is 9.39 Å². The van der Waals surface area contributed by atoms with Crippen molar-refractivity contribution in [2.45, 2.75) is 20.8 Å². The second kappa shape index (κ2) is 4.13. The molecular formula is C13H16N4. The Hall–Kier alpha value is -1.97. The van der Waals surface area contributed by atoms with Gasteiger partial charge in [0.15, 0.2) is 5.65 Å². The predicted molar refractivity (Wildman–Crippen MR) is 69.9 cm³/mol. The van der Waals surface area contributed by atoms with Crippen molar-refractivity contribution in [3.8, 4) is 0 Å². The maximum absolute atomic E-state index is 4.57. The summed E-state index contributed by atoms with van der Waals surface area (Å²) < 4.78 is 2.10. The van der Waals surface area contributed by atoms with Crippen LogP contribution >= 0.6 is 0 Å². The third-order valence-electron chi connectivity index (χ3n) is 2.90. The van der Waals surface area contributed by atoms with Gasteiger partial charge < -0.3 is 0 Å². The molecule has 0 saturated heterocycles. The zero-order chi connectivity index (χ0) is 12.6. The molecule has 4 nitrogen and oxygen atoms in total. The van der Waals surface area contributed by atoms with Crippen molar-refractivity contribution in [3.05, 3.63) is 41.6 Å². The number of nitrogens with zero attached hydrogens (tertiary/aromatic N) is 4. The molecule has 0 fully saturated rings. The van der Waals surface area contributed by atoms with Crippen LogP contribution in [0.15, 0.2) is 23.8 Å². The molecule has 4 heteroatoms. The summed E-state index contributed by atoms with van der Waals surface area (Å²) >= 11 is 0. The van der Waals surface area contributed by atoms with Crippen LogP contribution in [0.25, 0.3) is 5.65 Å². The fourth-order valence-corrected chi connectivity index (χ4v) is 2.06. The summed E-state index contributed by atoms with van der Waals surface area (Å²) in [6, 6.07) is 0. The van der Waals surface area contributed by atoms with Gasteiger partial charge in [-0.1, -0.05) is 6.58 Å². The van der Waals surface area contributed by atoms with Crippen LogP contribution in [-0.4, -0.2) is 27.1 Å². The number of hydrogen-bond donors (Lipinski definition) is 0. The summed E-state index contributed by atoms with van der Waals surface area (Å²) in [6.45, 7) is 9.79. The summed E-state index contributed by atoms with van der Waals surface area (Å²) in [6.07, 6.45) is 3.59. The van der Waals surface area contributed by atoms with Crippen LogP contribution in [0.2, 0.25) is 0 Å². The minimum atomic E-state index is 0.806. The molecule has 0 aliphatic heterocycles. The van der Waals surface area contributed by atoms with Crippen LogP contribution in [-0.2, 0) is 0 Å². The van der Waals surface area contributed by atoms with Gasteiger partial charge in [-0.15, -0.1) is 0 Å². The highest BCUT2D eigenvalue weighted by Gasteiger charge is 2.13. The number of aryl methyl sites for hydroxylation is 3. The first kappa shape index (κ1) is 11.5. The molecule has 88 valence electrons. The molecule has 0 bridgehead atoms. The van der Waals surface area contributed by atoms with E-state index in [4.69, 9.17) is 0 Å². The quantitative estimate of drug-likeness (QED) is 0.740. The van der Waals surface area contributed by atoms with E-state index in [-0.39, 0.29) is 0 Å². The third-order valence-corrected chi connectivity index (χ3v) is 2.90. The van der Waals surface area contributed by atoms with E-state index < -0.39 is 0 Å². The molecule has 0 N–H and O–H groups in total. The van der Waals surface area contributed by atoms with Gasteiger partial charge in [0.05, 0.1) is 11.4 Å². The van der Waals surface area contributed by atoms with E-state index in [0.717, 1.165) is 34.1 Å². The Kier molecular flexibility index (Phi) is 2.79. The van der Waals surface area contributed by atoms with Crippen LogP contribution < -0.4 is 0 Å². The molecule has 0 aromatic carbocycles. The van der Waals surface area contributed by atoms with Gasteiger partial charge >= 0.3 is 0 Å². The van der Waals surface area contributed by atoms with Gasteiger partial charge in [-0.2, -0.15) is 0 Å². The zero-order valence-corrected chi connectivity index (χ0v) is 10.7. The molecule has 0 saturated carbocycles. The molecule has 0 atom stereocenters. The van der Waals surface area contributed by atoms with Crippen molar-refractivity contribution in [1.82, 2.24) is 14.4 Å². The van der Waals surface area contributed by atoms with Crippen LogP contribution in [0.3, 0.4) is 0 Å². The van der Waals surface area contributed by atoms with Crippen molar-refractivity contribution in [2.75, 3.05) is 7.05 Å². The molecule has 2 aromatic heterocycles. The normalized spacial score (nSPS) is 12.1. The third kappa shape index (κ3) is 1.65. The number of fused-ring (bicyclic) bond motifs is 1. The van der Waals surface area contributed by atoms with E-state index in [1.54, 1.807) is 13.1 Å². The number of aliphatic imine (C=N–C) groups is 1. The number of hydrogen-bond acceptors (Lipinski definition) is 3. The SMILES string of the molecule is C=CC(=NC)c1nc(C)c2ncc(C)n2c1C. The fraction of sp³-hybridized carbons (Fsp3) is 0.308. The van der Waals surface area contributed by atoms with E-state index in [1.165, 1.54) is 0 Å². The second-order valence-electron chi connectivity index (χ2n) is 4.00. The van der Waals surface area contributed by atoms with Gasteiger partial charge in [0.1, 0.15) is 5.69 Å². The topological polar surface area (TPSA) is 42.5 Å². The molecule has 2 aromatic rings. The largest absolute Gasteiger partial charge is 0.298 e. The van der Waals surface area contributed by atoms with Crippen LogP contribution in [0.5, 0.6) is 0 Å². The average Bonchev–Trinajstić information content (AvgIpc) is 2.70. The van der Waals surface area contributed by atoms with Crippen molar-refractivity contribution in [3.63, 3.8) is 0 Å². The summed E-state index contributed by atoms with van der Waals surface area (Å²) in [7, 11) is 1.75. The highest BCUT2D eigenvalue weighted by molar-refractivity contribution is 6.07. The lowest BCUT2D eigenvalue weighted by Gasteiger charge is -2.10. The summed E-state index contributed by atoms with van der Waals surface area (Å²) in [5.41, 5.74) is 5.63. The highest BCUT2D eigenvalue weighted by atomic mass is 15.1. The zero-order valence-electron chi connectivity index (χ0n) is 10.7. The molecule has 0 radical (unpaired) electrons. The summed E-state index contributed by atoms with van der Waals surface area (Å²) in [5.74, 6) is 0. The van der Waals surface area contributed by atoms with Gasteiger partial charge in [-0.05, 0) is 26.8 Å². The number of rotatable bonds is 2. The Morgan fingerprint density at radius 1 is 1.41 bits per heavy atom. The van der Waals surface area contributed by atoms with E-state index in [2.05, 4.69) is 25.9 Å². The Balaban J connectivity index is 2.87. The van der Waals surface area contributed by atoms with Crippen LogP contribution in [0.1, 0.15) is 22.8 Å². The first-order valence-corrected chi connectivity index (χ1v) is 5.51. The molecule has 0 spiro atoms. The van der Waals surface area contributed by atoms with E-state index >= 15 is 0 Å². The smallest absolute Gasteiger partial charge is 0.158 e. The standard InChI is InChI=1S/C13H16N4/c1-6-11(14-5)12-10(4)17-8(2)7-15-13(17)9(3)16-12/h6-7H,1H2,2-5H3. The summed E-state index contributed by atoms with van der Waals surface area (Å²) in [5, 5.41) is 0. The van der Waals surface area contributed by atoms with Crippen LogP contribution in [0.4, 0.5) is 0 Å². The Morgan fingerprint density at radius 2 is 2.12 bits per heavy atom. The lowest BCUT2D eigenvalue weighted by atomic mass is 10.2. The van der Waals surface area contributed by atoms with Crippen molar-refractivity contribution in [2.24, 2.45) is 4.99 Å². The lowest BCUT2D eigenvalue weighted by Crippen LogP contribution is -2.10. The summed E-state index contributed by atoms with van der Waals surface area (Å²) in [4.78, 5) is 13.1. The monoisotopic (exact) mass is 228 g/mol. The Morgan fingerprint density at radius 3 is 2.71 bits per heavy atom. The molecule has 17 heavy (non-hydrogen) atoms. The van der Waals surface area contributed by atoms with E-state index in [0.29, 0.717) is 0 Å². The highest BCUT2D eigenvalue weighted by Crippen LogP contribution is 2.16. The van der Waals surface area contributed by atoms with Crippen molar-refractivity contribution < 1.29 is 0 Å². The number of imidazole rings is 1. The van der Waals surface area contributed by atoms with Gasteiger partial charge in [0, 0.05) is 24.6 Å². The fourth-order valence-electron chi connectivity index (χ4n) is 2.06. The van der Waals surface area contributed by atoms with E-state index in [1.807, 2.05) is 27.0 Å².